The Morgan fingerprint density at radius 3 is 2.56 bits per heavy atom. The van der Waals surface area contributed by atoms with Crippen molar-refractivity contribution in [3.8, 4) is 0 Å². The summed E-state index contributed by atoms with van der Waals surface area (Å²) < 4.78 is 26.6. The van der Waals surface area contributed by atoms with Crippen molar-refractivity contribution in [3.05, 3.63) is 33.8 Å². The molecule has 27 heavy (non-hydrogen) atoms. The van der Waals surface area contributed by atoms with Crippen molar-refractivity contribution >= 4 is 39.1 Å². The first-order valence-corrected chi connectivity index (χ1v) is 11.9. The quantitative estimate of drug-likeness (QED) is 0.618. The minimum atomic E-state index is -3.19. The van der Waals surface area contributed by atoms with Crippen molar-refractivity contribution in [1.82, 2.24) is 10.0 Å². The molecule has 0 spiro atoms. The molecule has 5 nitrogen and oxygen atoms in total. The molecular weight excluding hydrogens is 407 g/mol. The molecule has 3 rings (SSSR count). The van der Waals surface area contributed by atoms with Crippen LogP contribution in [0.1, 0.15) is 55.8 Å². The smallest absolute Gasteiger partial charge is 0.253 e. The molecule has 2 aliphatic carbocycles. The van der Waals surface area contributed by atoms with Crippen LogP contribution in [0.2, 0.25) is 10.0 Å². The summed E-state index contributed by atoms with van der Waals surface area (Å²) in [4.78, 5) is 12.7. The molecule has 0 bridgehead atoms. The van der Waals surface area contributed by atoms with E-state index in [1.807, 2.05) is 6.92 Å². The van der Waals surface area contributed by atoms with Gasteiger partial charge in [-0.3, -0.25) is 4.79 Å². The summed E-state index contributed by atoms with van der Waals surface area (Å²) in [6.07, 6.45) is 5.47. The molecular formula is C19H26Cl2N2O3S. The number of nitrogens with one attached hydrogen (secondary N) is 2. The van der Waals surface area contributed by atoms with E-state index in [9.17, 15) is 13.2 Å². The van der Waals surface area contributed by atoms with Gasteiger partial charge in [0.1, 0.15) is 0 Å². The molecule has 1 amide bonds. The molecule has 0 saturated heterocycles. The fourth-order valence-electron chi connectivity index (χ4n) is 3.67. The lowest BCUT2D eigenvalue weighted by Crippen LogP contribution is -2.52. The van der Waals surface area contributed by atoms with Crippen molar-refractivity contribution in [3.63, 3.8) is 0 Å². The predicted octanol–water partition coefficient (Wildman–Crippen LogP) is 4.00. The lowest BCUT2D eigenvalue weighted by Gasteiger charge is -2.41. The van der Waals surface area contributed by atoms with Gasteiger partial charge >= 0.3 is 0 Å². The lowest BCUT2D eigenvalue weighted by atomic mass is 9.74. The molecule has 0 heterocycles. The summed E-state index contributed by atoms with van der Waals surface area (Å²) in [5.41, 5.74) is 0.418. The third kappa shape index (κ3) is 5.83. The van der Waals surface area contributed by atoms with E-state index in [0.29, 0.717) is 27.9 Å². The second-order valence-corrected chi connectivity index (χ2v) is 10.5. The van der Waals surface area contributed by atoms with E-state index in [1.54, 1.807) is 18.2 Å². The number of sulfonamides is 1. The van der Waals surface area contributed by atoms with Crippen molar-refractivity contribution in [2.45, 2.75) is 57.5 Å². The Morgan fingerprint density at radius 1 is 1.26 bits per heavy atom. The third-order valence-electron chi connectivity index (χ3n) is 5.34. The number of amides is 1. The Morgan fingerprint density at radius 2 is 1.96 bits per heavy atom. The zero-order valence-corrected chi connectivity index (χ0v) is 17.7. The van der Waals surface area contributed by atoms with E-state index in [1.165, 1.54) is 12.8 Å². The number of hydrogen-bond acceptors (Lipinski definition) is 3. The maximum atomic E-state index is 12.7. The van der Waals surface area contributed by atoms with Crippen LogP contribution in [-0.4, -0.2) is 32.2 Å². The molecule has 2 fully saturated rings. The summed E-state index contributed by atoms with van der Waals surface area (Å²) in [7, 11) is -3.19. The van der Waals surface area contributed by atoms with Gasteiger partial charge in [-0.05, 0) is 55.7 Å². The molecule has 1 unspecified atom stereocenters. The van der Waals surface area contributed by atoms with E-state index in [-0.39, 0.29) is 29.7 Å². The summed E-state index contributed by atoms with van der Waals surface area (Å²) >= 11 is 12.1. The Bertz CT molecular complexity index is 790. The third-order valence-corrected chi connectivity index (χ3v) is 7.53. The fraction of sp³-hybridized carbons (Fsp3) is 0.632. The number of rotatable bonds is 9. The highest BCUT2D eigenvalue weighted by molar-refractivity contribution is 7.89. The van der Waals surface area contributed by atoms with Gasteiger partial charge in [0.25, 0.3) is 5.91 Å². The Hall–Kier alpha value is -0.820. The summed E-state index contributed by atoms with van der Waals surface area (Å²) in [6, 6.07) is 4.88. The average molecular weight is 433 g/mol. The molecule has 150 valence electrons. The van der Waals surface area contributed by atoms with E-state index < -0.39 is 10.0 Å². The molecule has 0 aliphatic heterocycles. The van der Waals surface area contributed by atoms with Crippen LogP contribution in [-0.2, 0) is 10.0 Å². The normalized spacial score (nSPS) is 23.5. The van der Waals surface area contributed by atoms with E-state index in [4.69, 9.17) is 23.2 Å². The molecule has 2 N–H and O–H groups in total. The van der Waals surface area contributed by atoms with Crippen LogP contribution in [0.25, 0.3) is 0 Å². The Labute approximate surface area is 171 Å². The van der Waals surface area contributed by atoms with Gasteiger partial charge in [-0.25, -0.2) is 13.1 Å². The standard InChI is InChI=1S/C19H26Cl2N2O3S/c1-2-7-27(25,26)23-15-9-13(10-15)18(8-12-3-4-12)22-19(24)16-6-5-14(20)11-17(16)21/h5-6,11-13,15,18,23H,2-4,7-10H2,1H3,(H,22,24). The van der Waals surface area contributed by atoms with Crippen LogP contribution < -0.4 is 10.0 Å². The highest BCUT2D eigenvalue weighted by Crippen LogP contribution is 2.40. The highest BCUT2D eigenvalue weighted by atomic mass is 35.5. The van der Waals surface area contributed by atoms with Crippen molar-refractivity contribution in [2.75, 3.05) is 5.75 Å². The monoisotopic (exact) mass is 432 g/mol. The molecule has 0 aromatic heterocycles. The van der Waals surface area contributed by atoms with E-state index in [0.717, 1.165) is 19.3 Å². The van der Waals surface area contributed by atoms with Gasteiger partial charge in [0.05, 0.1) is 16.3 Å². The summed E-state index contributed by atoms with van der Waals surface area (Å²) in [5.74, 6) is 0.907. The largest absolute Gasteiger partial charge is 0.349 e. The van der Waals surface area contributed by atoms with Gasteiger partial charge in [-0.15, -0.1) is 0 Å². The van der Waals surface area contributed by atoms with Crippen molar-refractivity contribution in [1.29, 1.82) is 0 Å². The van der Waals surface area contributed by atoms with Gasteiger partial charge in [0.15, 0.2) is 0 Å². The molecule has 2 saturated carbocycles. The molecule has 8 heteroatoms. The summed E-state index contributed by atoms with van der Waals surface area (Å²) in [6.45, 7) is 1.85. The number of halogens is 2. The Kier molecular flexibility index (Phi) is 6.72. The fourth-order valence-corrected chi connectivity index (χ4v) is 5.52. The van der Waals surface area contributed by atoms with Crippen LogP contribution in [0, 0.1) is 11.8 Å². The zero-order valence-electron chi connectivity index (χ0n) is 15.4. The van der Waals surface area contributed by atoms with Gasteiger partial charge in [0.2, 0.25) is 10.0 Å². The Balaban J connectivity index is 1.59. The average Bonchev–Trinajstić information content (AvgIpc) is 3.33. The van der Waals surface area contributed by atoms with E-state index in [2.05, 4.69) is 10.0 Å². The predicted molar refractivity (Wildman–Crippen MR) is 109 cm³/mol. The first-order chi connectivity index (χ1) is 12.8. The molecule has 1 aromatic carbocycles. The topological polar surface area (TPSA) is 75.3 Å². The zero-order chi connectivity index (χ0) is 19.6. The second-order valence-electron chi connectivity index (χ2n) is 7.75. The molecule has 2 aliphatic rings. The van der Waals surface area contributed by atoms with E-state index >= 15 is 0 Å². The van der Waals surface area contributed by atoms with Crippen molar-refractivity contribution < 1.29 is 13.2 Å². The maximum Gasteiger partial charge on any atom is 0.253 e. The summed E-state index contributed by atoms with van der Waals surface area (Å²) in [5, 5.41) is 3.96. The molecule has 0 radical (unpaired) electrons. The number of carbonyl (C=O) groups excluding carboxylic acids is 1. The SMILES string of the molecule is CCCS(=O)(=O)NC1CC(C(CC2CC2)NC(=O)c2ccc(Cl)cc2Cl)C1. The van der Waals surface area contributed by atoms with Crippen LogP contribution in [0.5, 0.6) is 0 Å². The van der Waals surface area contributed by atoms with Crippen LogP contribution in [0.3, 0.4) is 0 Å². The first-order valence-electron chi connectivity index (χ1n) is 9.53. The second kappa shape index (κ2) is 8.68. The lowest BCUT2D eigenvalue weighted by molar-refractivity contribution is 0.0877. The van der Waals surface area contributed by atoms with Gasteiger partial charge in [-0.2, -0.15) is 0 Å². The first kappa shape index (κ1) is 20.9. The minimum Gasteiger partial charge on any atom is -0.349 e. The van der Waals surface area contributed by atoms with Gasteiger partial charge in [-0.1, -0.05) is 43.0 Å². The van der Waals surface area contributed by atoms with Crippen LogP contribution in [0.4, 0.5) is 0 Å². The highest BCUT2D eigenvalue weighted by Gasteiger charge is 2.40. The molecule has 1 atom stereocenters. The number of benzene rings is 1. The van der Waals surface area contributed by atoms with Gasteiger partial charge in [0, 0.05) is 17.1 Å². The minimum absolute atomic E-state index is 0.0238. The van der Waals surface area contributed by atoms with Crippen LogP contribution >= 0.6 is 23.2 Å². The number of carbonyl (C=O) groups is 1. The van der Waals surface area contributed by atoms with Gasteiger partial charge < -0.3 is 5.32 Å². The van der Waals surface area contributed by atoms with Crippen molar-refractivity contribution in [2.24, 2.45) is 11.8 Å². The number of hydrogen-bond donors (Lipinski definition) is 2. The molecule has 1 aromatic rings. The maximum absolute atomic E-state index is 12.7. The van der Waals surface area contributed by atoms with Crippen LogP contribution in [0.15, 0.2) is 18.2 Å².